The third-order valence-electron chi connectivity index (χ3n) is 7.77. The molecule has 2 aromatic carbocycles. The minimum atomic E-state index is -2.93. The third-order valence-corrected chi connectivity index (χ3v) is 15.8. The molecule has 10 heteroatoms. The number of benzene rings is 2. The fourth-order valence-corrected chi connectivity index (χ4v) is 10.5. The van der Waals surface area contributed by atoms with Gasteiger partial charge in [-0.3, -0.25) is 0 Å². The van der Waals surface area contributed by atoms with Crippen molar-refractivity contribution in [3.63, 3.8) is 0 Å². The van der Waals surface area contributed by atoms with Crippen molar-refractivity contribution in [2.45, 2.75) is 71.5 Å². The molecule has 1 saturated heterocycles. The molecule has 0 aromatic heterocycles. The van der Waals surface area contributed by atoms with Crippen LogP contribution in [0.25, 0.3) is 0 Å². The fourth-order valence-electron chi connectivity index (χ4n) is 4.70. The summed E-state index contributed by atoms with van der Waals surface area (Å²) in [6.07, 6.45) is 10.8. The number of aliphatic hydroxyl groups is 1. The maximum absolute atomic E-state index is 9.14. The summed E-state index contributed by atoms with van der Waals surface area (Å²) in [5.41, 5.74) is 1.47. The van der Waals surface area contributed by atoms with Crippen LogP contribution in [-0.4, -0.2) is 95.6 Å². The maximum atomic E-state index is 9.14. The van der Waals surface area contributed by atoms with Crippen molar-refractivity contribution in [1.29, 1.82) is 0 Å². The molecular formula is C32H59NO6Si3. The summed E-state index contributed by atoms with van der Waals surface area (Å²) in [7, 11) is -0.447. The maximum Gasteiger partial charge on any atom is 0.527 e. The summed E-state index contributed by atoms with van der Waals surface area (Å²) >= 11 is 0. The van der Waals surface area contributed by atoms with Gasteiger partial charge >= 0.3 is 17.4 Å². The van der Waals surface area contributed by atoms with Crippen LogP contribution in [0.15, 0.2) is 60.7 Å². The summed E-state index contributed by atoms with van der Waals surface area (Å²) < 4.78 is 26.1. The van der Waals surface area contributed by atoms with E-state index in [-0.39, 0.29) is 12.5 Å². The number of likely N-dealkylation sites (tertiary alicyclic amines) is 1. The van der Waals surface area contributed by atoms with E-state index in [2.05, 4.69) is 85.6 Å². The zero-order chi connectivity index (χ0) is 31.3. The zero-order valence-electron chi connectivity index (χ0n) is 27.7. The first kappa shape index (κ1) is 38.8. The van der Waals surface area contributed by atoms with E-state index >= 15 is 0 Å². The summed E-state index contributed by atoms with van der Waals surface area (Å²) in [4.78, 5) is 2.68. The molecule has 1 aliphatic rings. The normalized spacial score (nSPS) is 14.4. The number of hydrogen-bond acceptors (Lipinski definition) is 7. The molecule has 0 bridgehead atoms. The molecule has 0 amide bonds. The number of piperidine rings is 1. The highest BCUT2D eigenvalue weighted by Crippen LogP contribution is 2.14. The molecule has 1 fully saturated rings. The fraction of sp³-hybridized carbons (Fsp3) is 0.625. The molecule has 0 saturated carbocycles. The standard InChI is InChI=1S/C14H23NSi.C11H16.C7H20O6Si2/c1-16(2,14-9-5-3-6-10-14)13-15-11-7-4-8-12-15;1-2-3-5-8-11-9-6-4-7-10-11;1-9-14(5,10-2)7-13-15(6-8,11-3)12-4/h3,5-6,9-10H,4,7-8,11-13H2,1-2H3;4,6-7,9-10H,2-3,5,8H2,1H3;8H,6-7H2,1-5H3. The SMILES string of the molecule is CCCCCc1ccccc1.CO[Si](C)(CO[Si](CO)(OC)OC)OC.C[Si](C)(CN1CCCCC1)c1ccccc1. The van der Waals surface area contributed by atoms with E-state index < -0.39 is 25.4 Å². The molecule has 0 aliphatic carbocycles. The van der Waals surface area contributed by atoms with E-state index in [1.807, 2.05) is 6.55 Å². The molecule has 7 nitrogen and oxygen atoms in total. The largest absolute Gasteiger partial charge is 0.527 e. The molecule has 0 unspecified atom stereocenters. The van der Waals surface area contributed by atoms with Crippen molar-refractivity contribution in [2.24, 2.45) is 0 Å². The van der Waals surface area contributed by atoms with Crippen molar-refractivity contribution in [3.05, 3.63) is 66.2 Å². The van der Waals surface area contributed by atoms with Crippen LogP contribution in [0.4, 0.5) is 0 Å². The van der Waals surface area contributed by atoms with Gasteiger partial charge in [-0.2, -0.15) is 0 Å². The van der Waals surface area contributed by atoms with Crippen molar-refractivity contribution in [1.82, 2.24) is 4.90 Å². The Hall–Kier alpha value is -1.19. The first-order valence-corrected chi connectivity index (χ1v) is 23.1. The highest BCUT2D eigenvalue weighted by molar-refractivity contribution is 6.90. The van der Waals surface area contributed by atoms with Crippen molar-refractivity contribution < 1.29 is 27.2 Å². The molecule has 240 valence electrons. The van der Waals surface area contributed by atoms with Gasteiger partial charge in [0.1, 0.15) is 6.23 Å². The first-order valence-electron chi connectivity index (χ1n) is 15.4. The Labute approximate surface area is 260 Å². The molecule has 0 spiro atoms. The molecule has 1 aliphatic heterocycles. The number of unbranched alkanes of at least 4 members (excludes halogenated alkanes) is 2. The molecule has 2 aromatic rings. The lowest BCUT2D eigenvalue weighted by Crippen LogP contribution is -2.53. The van der Waals surface area contributed by atoms with Gasteiger partial charge in [0.25, 0.3) is 0 Å². The molecule has 0 atom stereocenters. The minimum absolute atomic E-state index is 0.258. The predicted molar refractivity (Wildman–Crippen MR) is 182 cm³/mol. The summed E-state index contributed by atoms with van der Waals surface area (Å²) in [6, 6.07) is 21.8. The van der Waals surface area contributed by atoms with Crippen molar-refractivity contribution in [3.8, 4) is 0 Å². The van der Waals surface area contributed by atoms with E-state index in [0.29, 0.717) is 0 Å². The van der Waals surface area contributed by atoms with Gasteiger partial charge < -0.3 is 32.1 Å². The second-order valence-corrected chi connectivity index (χ2v) is 22.4. The average Bonchev–Trinajstić information content (AvgIpc) is 3.04. The Morgan fingerprint density at radius 2 is 1.29 bits per heavy atom. The molecule has 0 radical (unpaired) electrons. The Morgan fingerprint density at radius 3 is 1.76 bits per heavy atom. The second kappa shape index (κ2) is 21.5. The van der Waals surface area contributed by atoms with Crippen LogP contribution in [0.2, 0.25) is 19.6 Å². The van der Waals surface area contributed by atoms with Crippen molar-refractivity contribution >= 4 is 30.6 Å². The highest BCUT2D eigenvalue weighted by Gasteiger charge is 2.42. The molecule has 3 rings (SSSR count). The van der Waals surface area contributed by atoms with Crippen LogP contribution in [0, 0.1) is 0 Å². The summed E-state index contributed by atoms with van der Waals surface area (Å²) in [5.74, 6) is 0. The van der Waals surface area contributed by atoms with E-state index in [1.165, 1.54) is 84.0 Å². The lowest BCUT2D eigenvalue weighted by atomic mass is 10.1. The van der Waals surface area contributed by atoms with Gasteiger partial charge in [0.05, 0.1) is 14.3 Å². The first-order chi connectivity index (χ1) is 20.1. The molecule has 1 N–H and O–H groups in total. The molecule has 1 heterocycles. The monoisotopic (exact) mass is 637 g/mol. The Bertz CT molecular complexity index is 901. The van der Waals surface area contributed by atoms with E-state index in [0.717, 1.165) is 0 Å². The van der Waals surface area contributed by atoms with Gasteiger partial charge in [0.2, 0.25) is 0 Å². The Morgan fingerprint density at radius 1 is 0.738 bits per heavy atom. The van der Waals surface area contributed by atoms with Gasteiger partial charge in [0.15, 0.2) is 0 Å². The van der Waals surface area contributed by atoms with Gasteiger partial charge in [-0.05, 0) is 57.1 Å². The Balaban J connectivity index is 0.000000321. The van der Waals surface area contributed by atoms with Crippen molar-refractivity contribution in [2.75, 3.05) is 60.2 Å². The lowest BCUT2D eigenvalue weighted by molar-refractivity contribution is 0.0759. The summed E-state index contributed by atoms with van der Waals surface area (Å²) in [5, 5.41) is 10.7. The number of rotatable bonds is 15. The van der Waals surface area contributed by atoms with Crippen LogP contribution in [0.3, 0.4) is 0 Å². The van der Waals surface area contributed by atoms with E-state index in [9.17, 15) is 0 Å². The van der Waals surface area contributed by atoms with E-state index in [4.69, 9.17) is 27.2 Å². The second-order valence-electron chi connectivity index (χ2n) is 11.6. The zero-order valence-corrected chi connectivity index (χ0v) is 30.7. The number of aliphatic hydroxyl groups excluding tert-OH is 1. The summed E-state index contributed by atoms with van der Waals surface area (Å²) in [6.45, 7) is 11.7. The number of nitrogens with zero attached hydrogens (tertiary/aromatic N) is 1. The van der Waals surface area contributed by atoms with Crippen LogP contribution in [0.5, 0.6) is 0 Å². The third kappa shape index (κ3) is 15.0. The molecule has 42 heavy (non-hydrogen) atoms. The quantitative estimate of drug-likeness (QED) is 0.198. The van der Waals surface area contributed by atoms with Gasteiger partial charge in [-0.1, -0.05) is 105 Å². The van der Waals surface area contributed by atoms with Crippen LogP contribution < -0.4 is 5.19 Å². The van der Waals surface area contributed by atoms with Crippen LogP contribution in [-0.2, 0) is 28.6 Å². The van der Waals surface area contributed by atoms with Gasteiger partial charge in [-0.25, -0.2) is 0 Å². The van der Waals surface area contributed by atoms with Crippen LogP contribution >= 0.6 is 0 Å². The number of hydrogen-bond donors (Lipinski definition) is 1. The average molecular weight is 638 g/mol. The van der Waals surface area contributed by atoms with Crippen LogP contribution in [0.1, 0.15) is 51.0 Å². The van der Waals surface area contributed by atoms with Gasteiger partial charge in [-0.15, -0.1) is 0 Å². The van der Waals surface area contributed by atoms with E-state index in [1.54, 1.807) is 19.4 Å². The minimum Gasteiger partial charge on any atom is -0.396 e. The predicted octanol–water partition coefficient (Wildman–Crippen LogP) is 5.72. The lowest BCUT2D eigenvalue weighted by Gasteiger charge is -2.34. The topological polar surface area (TPSA) is 69.6 Å². The van der Waals surface area contributed by atoms with Gasteiger partial charge in [0, 0.05) is 28.4 Å². The Kier molecular flexibility index (Phi) is 19.9. The smallest absolute Gasteiger partial charge is 0.396 e. The number of aryl methyl sites for hydroxylation is 1. The highest BCUT2D eigenvalue weighted by atomic mass is 28.4. The molecular weight excluding hydrogens is 579 g/mol.